The molecule has 1 aliphatic rings. The molecule has 0 bridgehead atoms. The van der Waals surface area contributed by atoms with Crippen molar-refractivity contribution < 1.29 is 0 Å². The van der Waals surface area contributed by atoms with Gasteiger partial charge in [-0.25, -0.2) is 9.89 Å². The number of nitrogens with one attached hydrogen (secondary N) is 3. The summed E-state index contributed by atoms with van der Waals surface area (Å²) in [6.45, 7) is 2.91. The Morgan fingerprint density at radius 1 is 1.45 bits per heavy atom. The lowest BCUT2D eigenvalue weighted by Gasteiger charge is -2.45. The zero-order valence-corrected chi connectivity index (χ0v) is 12.3. The summed E-state index contributed by atoms with van der Waals surface area (Å²) in [5.41, 5.74) is -1.04. The van der Waals surface area contributed by atoms with Gasteiger partial charge in [0.1, 0.15) is 0 Å². The Balaban J connectivity index is 2.13. The summed E-state index contributed by atoms with van der Waals surface area (Å²) in [6.07, 6.45) is 4.64. The molecule has 1 heterocycles. The molecule has 0 saturated heterocycles. The van der Waals surface area contributed by atoms with Crippen LogP contribution in [-0.2, 0) is 0 Å². The van der Waals surface area contributed by atoms with Gasteiger partial charge in [-0.15, -0.1) is 5.10 Å². The van der Waals surface area contributed by atoms with E-state index < -0.39 is 11.2 Å². The molecule has 0 spiro atoms. The van der Waals surface area contributed by atoms with E-state index >= 15 is 0 Å². The summed E-state index contributed by atoms with van der Waals surface area (Å²) < 4.78 is 0. The van der Waals surface area contributed by atoms with Crippen LogP contribution in [0.2, 0.25) is 0 Å². The number of rotatable bonds is 4. The maximum absolute atomic E-state index is 11.6. The Hall–Kier alpha value is -1.63. The molecule has 1 aromatic rings. The molecule has 7 nitrogen and oxygen atoms in total. The molecule has 2 unspecified atom stereocenters. The number of anilines is 1. The molecule has 7 heteroatoms. The molecular weight excluding hydrogens is 258 g/mol. The van der Waals surface area contributed by atoms with Gasteiger partial charge >= 0.3 is 5.69 Å². The lowest BCUT2D eigenvalue weighted by atomic mass is 9.75. The van der Waals surface area contributed by atoms with Crippen molar-refractivity contribution in [1.29, 1.82) is 0 Å². The smallest absolute Gasteiger partial charge is 0.342 e. The fourth-order valence-electron chi connectivity index (χ4n) is 3.07. The van der Waals surface area contributed by atoms with Gasteiger partial charge in [0.15, 0.2) is 0 Å². The first kappa shape index (κ1) is 14.8. The van der Waals surface area contributed by atoms with Gasteiger partial charge in [0.05, 0.1) is 0 Å². The van der Waals surface area contributed by atoms with Crippen molar-refractivity contribution in [3.63, 3.8) is 0 Å². The van der Waals surface area contributed by atoms with Gasteiger partial charge in [-0.3, -0.25) is 9.78 Å². The summed E-state index contributed by atoms with van der Waals surface area (Å²) in [6, 6.07) is 0. The molecule has 2 atom stereocenters. The van der Waals surface area contributed by atoms with E-state index in [1.165, 1.54) is 12.8 Å². The maximum Gasteiger partial charge on any atom is 0.342 e. The van der Waals surface area contributed by atoms with Crippen LogP contribution in [0.15, 0.2) is 9.59 Å². The Morgan fingerprint density at radius 3 is 2.80 bits per heavy atom. The number of aromatic amines is 2. The van der Waals surface area contributed by atoms with Crippen molar-refractivity contribution in [2.75, 3.05) is 26.0 Å². The van der Waals surface area contributed by atoms with Gasteiger partial charge in [-0.2, -0.15) is 0 Å². The fraction of sp³-hybridized carbons (Fsp3) is 0.769. The maximum atomic E-state index is 11.6. The highest BCUT2D eigenvalue weighted by atomic mass is 16.2. The quantitative estimate of drug-likeness (QED) is 0.742. The highest BCUT2D eigenvalue weighted by molar-refractivity contribution is 5.29. The largest absolute Gasteiger partial charge is 0.362 e. The lowest BCUT2D eigenvalue weighted by Crippen LogP contribution is -2.52. The first-order chi connectivity index (χ1) is 9.43. The van der Waals surface area contributed by atoms with Gasteiger partial charge in [0, 0.05) is 12.1 Å². The van der Waals surface area contributed by atoms with Crippen LogP contribution in [0.4, 0.5) is 5.82 Å². The molecule has 1 saturated carbocycles. The zero-order valence-electron chi connectivity index (χ0n) is 12.3. The third kappa shape index (κ3) is 3.09. The van der Waals surface area contributed by atoms with E-state index in [0.717, 1.165) is 12.8 Å². The summed E-state index contributed by atoms with van der Waals surface area (Å²) >= 11 is 0. The van der Waals surface area contributed by atoms with Gasteiger partial charge < -0.3 is 10.2 Å². The topological polar surface area (TPSA) is 93.9 Å². The van der Waals surface area contributed by atoms with Gasteiger partial charge in [0.25, 0.3) is 5.56 Å². The minimum atomic E-state index is -0.589. The standard InChI is InChI=1S/C13H23N5O2/c1-9-5-4-6-13(7-9,18(2)3)8-14-10-11(19)15-12(20)17-16-10/h9H,4-8H2,1-3H3,(H,14,16)(H2,15,17,19,20). The molecule has 20 heavy (non-hydrogen) atoms. The molecule has 3 N–H and O–H groups in total. The van der Waals surface area contributed by atoms with E-state index in [4.69, 9.17) is 0 Å². The molecule has 0 amide bonds. The summed E-state index contributed by atoms with van der Waals surface area (Å²) in [7, 11) is 4.15. The Labute approximate surface area is 117 Å². The average molecular weight is 281 g/mol. The lowest BCUT2D eigenvalue weighted by molar-refractivity contribution is 0.0881. The number of hydrogen-bond acceptors (Lipinski definition) is 5. The van der Waals surface area contributed by atoms with E-state index in [0.29, 0.717) is 12.5 Å². The van der Waals surface area contributed by atoms with Crippen LogP contribution in [0.25, 0.3) is 0 Å². The molecule has 1 aliphatic carbocycles. The van der Waals surface area contributed by atoms with Crippen LogP contribution < -0.4 is 16.6 Å². The van der Waals surface area contributed by atoms with Gasteiger partial charge in [0.2, 0.25) is 5.82 Å². The van der Waals surface area contributed by atoms with Crippen molar-refractivity contribution in [1.82, 2.24) is 20.1 Å². The Morgan fingerprint density at radius 2 is 2.20 bits per heavy atom. The van der Waals surface area contributed by atoms with Crippen LogP contribution in [0.5, 0.6) is 0 Å². The normalized spacial score (nSPS) is 26.7. The third-order valence-electron chi connectivity index (χ3n) is 4.31. The molecule has 1 fully saturated rings. The van der Waals surface area contributed by atoms with Crippen molar-refractivity contribution in [2.45, 2.75) is 38.1 Å². The first-order valence-electron chi connectivity index (χ1n) is 7.03. The zero-order chi connectivity index (χ0) is 14.8. The summed E-state index contributed by atoms with van der Waals surface area (Å²) in [5.74, 6) is 0.846. The number of nitrogens with zero attached hydrogens (tertiary/aromatic N) is 2. The molecule has 2 rings (SSSR count). The van der Waals surface area contributed by atoms with Crippen molar-refractivity contribution in [3.8, 4) is 0 Å². The second kappa shape index (κ2) is 5.78. The van der Waals surface area contributed by atoms with E-state index in [-0.39, 0.29) is 11.4 Å². The minimum Gasteiger partial charge on any atom is -0.362 e. The number of likely N-dealkylation sites (N-methyl/N-ethyl adjacent to an activating group) is 1. The van der Waals surface area contributed by atoms with E-state index in [1.54, 1.807) is 0 Å². The van der Waals surface area contributed by atoms with Gasteiger partial charge in [-0.05, 0) is 32.9 Å². The highest BCUT2D eigenvalue weighted by Gasteiger charge is 2.36. The number of hydrogen-bond donors (Lipinski definition) is 3. The SMILES string of the molecule is CC1CCCC(CNc2n[nH]c(=O)[nH]c2=O)(N(C)C)C1. The average Bonchev–Trinajstić information content (AvgIpc) is 2.37. The van der Waals surface area contributed by atoms with Crippen molar-refractivity contribution in [3.05, 3.63) is 20.8 Å². The highest BCUT2D eigenvalue weighted by Crippen LogP contribution is 2.35. The predicted molar refractivity (Wildman–Crippen MR) is 78.0 cm³/mol. The molecule has 0 radical (unpaired) electrons. The Bertz CT molecular complexity index is 564. The van der Waals surface area contributed by atoms with E-state index in [9.17, 15) is 9.59 Å². The molecule has 0 aliphatic heterocycles. The second-order valence-corrected chi connectivity index (χ2v) is 6.03. The van der Waals surface area contributed by atoms with Crippen LogP contribution >= 0.6 is 0 Å². The third-order valence-corrected chi connectivity index (χ3v) is 4.31. The van der Waals surface area contributed by atoms with E-state index in [2.05, 4.69) is 46.4 Å². The molecule has 112 valence electrons. The first-order valence-corrected chi connectivity index (χ1v) is 7.03. The van der Waals surface area contributed by atoms with Crippen molar-refractivity contribution >= 4 is 5.82 Å². The molecule has 0 aromatic carbocycles. The summed E-state index contributed by atoms with van der Waals surface area (Å²) in [5, 5.41) is 9.09. The number of H-pyrrole nitrogens is 2. The van der Waals surface area contributed by atoms with Crippen LogP contribution in [-0.4, -0.2) is 46.3 Å². The van der Waals surface area contributed by atoms with Crippen molar-refractivity contribution in [2.24, 2.45) is 5.92 Å². The predicted octanol–water partition coefficient (Wildman–Crippen LogP) is 0.381. The van der Waals surface area contributed by atoms with Crippen LogP contribution in [0.3, 0.4) is 0 Å². The van der Waals surface area contributed by atoms with Gasteiger partial charge in [-0.1, -0.05) is 19.8 Å². The second-order valence-electron chi connectivity index (χ2n) is 6.03. The summed E-state index contributed by atoms with van der Waals surface area (Å²) in [4.78, 5) is 27.0. The fourth-order valence-corrected chi connectivity index (χ4v) is 3.07. The molecular formula is C13H23N5O2. The number of aromatic nitrogens is 3. The van der Waals surface area contributed by atoms with Crippen LogP contribution in [0.1, 0.15) is 32.6 Å². The van der Waals surface area contributed by atoms with E-state index in [1.807, 2.05) is 0 Å². The monoisotopic (exact) mass is 281 g/mol. The minimum absolute atomic E-state index is 0.0297. The molecule has 1 aromatic heterocycles. The van der Waals surface area contributed by atoms with Crippen LogP contribution in [0, 0.1) is 5.92 Å². The Kier molecular flexibility index (Phi) is 4.27.